The third-order valence-electron chi connectivity index (χ3n) is 6.25. The third-order valence-corrected chi connectivity index (χ3v) is 8.42. The molecule has 0 N–H and O–H groups in total. The summed E-state index contributed by atoms with van der Waals surface area (Å²) in [7, 11) is -2.12. The first-order chi connectivity index (χ1) is 14.1. The van der Waals surface area contributed by atoms with Gasteiger partial charge in [0, 0.05) is 38.4 Å². The van der Waals surface area contributed by atoms with Gasteiger partial charge < -0.3 is 9.64 Å². The molecule has 1 saturated heterocycles. The maximum absolute atomic E-state index is 13.5. The Morgan fingerprint density at radius 1 is 0.900 bits per heavy atom. The van der Waals surface area contributed by atoms with Gasteiger partial charge in [0.25, 0.3) is 5.91 Å². The van der Waals surface area contributed by atoms with Gasteiger partial charge >= 0.3 is 0 Å². The first kappa shape index (κ1) is 22.2. The second kappa shape index (κ2) is 8.35. The van der Waals surface area contributed by atoms with Crippen molar-refractivity contribution in [3.05, 3.63) is 51.7 Å². The molecule has 7 nitrogen and oxygen atoms in total. The van der Waals surface area contributed by atoms with E-state index in [-0.39, 0.29) is 19.0 Å². The summed E-state index contributed by atoms with van der Waals surface area (Å²) in [6, 6.07) is 3.31. The molecule has 1 aromatic carbocycles. The van der Waals surface area contributed by atoms with E-state index in [0.717, 1.165) is 27.8 Å². The average molecular weight is 432 g/mol. The lowest BCUT2D eigenvalue weighted by atomic mass is 9.95. The molecule has 1 aromatic heterocycles. The van der Waals surface area contributed by atoms with Crippen molar-refractivity contribution in [3.8, 4) is 5.88 Å². The molecular formula is C22H29N3O4S. The second-order valence-corrected chi connectivity index (χ2v) is 9.61. The predicted molar refractivity (Wildman–Crippen MR) is 116 cm³/mol. The van der Waals surface area contributed by atoms with Crippen molar-refractivity contribution in [3.63, 3.8) is 0 Å². The molecule has 1 aliphatic rings. The summed E-state index contributed by atoms with van der Waals surface area (Å²) in [5, 5.41) is 0. The summed E-state index contributed by atoms with van der Waals surface area (Å²) in [4.78, 5) is 18.9. The van der Waals surface area contributed by atoms with Gasteiger partial charge in [-0.3, -0.25) is 4.79 Å². The summed E-state index contributed by atoms with van der Waals surface area (Å²) in [6.07, 6.45) is 1.48. The molecule has 0 bridgehead atoms. The molecule has 0 saturated carbocycles. The molecule has 30 heavy (non-hydrogen) atoms. The highest BCUT2D eigenvalue weighted by Crippen LogP contribution is 2.32. The van der Waals surface area contributed by atoms with Gasteiger partial charge in [-0.1, -0.05) is 0 Å². The van der Waals surface area contributed by atoms with Crippen LogP contribution in [0.5, 0.6) is 5.88 Å². The number of amides is 1. The highest BCUT2D eigenvalue weighted by molar-refractivity contribution is 7.89. The molecule has 0 aliphatic carbocycles. The van der Waals surface area contributed by atoms with Crippen LogP contribution >= 0.6 is 0 Å². The molecule has 1 amide bonds. The Balaban J connectivity index is 1.80. The van der Waals surface area contributed by atoms with Crippen molar-refractivity contribution in [2.24, 2.45) is 0 Å². The van der Waals surface area contributed by atoms with E-state index in [2.05, 4.69) is 4.98 Å². The summed E-state index contributed by atoms with van der Waals surface area (Å²) in [6.45, 7) is 10.9. The molecule has 0 radical (unpaired) electrons. The molecule has 8 heteroatoms. The van der Waals surface area contributed by atoms with E-state index in [1.54, 1.807) is 17.0 Å². The number of carbonyl (C=O) groups is 1. The lowest BCUT2D eigenvalue weighted by Crippen LogP contribution is -2.50. The first-order valence-corrected chi connectivity index (χ1v) is 11.4. The first-order valence-electron chi connectivity index (χ1n) is 9.96. The number of hydrogen-bond acceptors (Lipinski definition) is 5. The third kappa shape index (κ3) is 3.81. The quantitative estimate of drug-likeness (QED) is 0.744. The summed E-state index contributed by atoms with van der Waals surface area (Å²) >= 11 is 0. The van der Waals surface area contributed by atoms with Crippen LogP contribution < -0.4 is 4.74 Å². The molecule has 1 aliphatic heterocycles. The normalized spacial score (nSPS) is 15.3. The molecule has 2 aromatic rings. The van der Waals surface area contributed by atoms with Crippen LogP contribution in [0.15, 0.2) is 23.2 Å². The van der Waals surface area contributed by atoms with E-state index in [0.29, 0.717) is 29.4 Å². The summed E-state index contributed by atoms with van der Waals surface area (Å²) in [5.74, 6) is 0.286. The number of hydrogen-bond donors (Lipinski definition) is 0. The fourth-order valence-electron chi connectivity index (χ4n) is 3.92. The van der Waals surface area contributed by atoms with Gasteiger partial charge in [-0.05, 0) is 68.5 Å². The number of sulfonamides is 1. The van der Waals surface area contributed by atoms with Crippen LogP contribution in [0.3, 0.4) is 0 Å². The number of pyridine rings is 1. The number of rotatable bonds is 4. The van der Waals surface area contributed by atoms with Crippen LogP contribution in [0.25, 0.3) is 0 Å². The number of ether oxygens (including phenoxy) is 1. The number of aromatic nitrogens is 1. The largest absolute Gasteiger partial charge is 0.481 e. The maximum atomic E-state index is 13.5. The minimum absolute atomic E-state index is 0.156. The van der Waals surface area contributed by atoms with Crippen molar-refractivity contribution in [1.82, 2.24) is 14.2 Å². The molecular weight excluding hydrogens is 402 g/mol. The van der Waals surface area contributed by atoms with Gasteiger partial charge in [0.2, 0.25) is 15.9 Å². The van der Waals surface area contributed by atoms with Crippen LogP contribution in [0, 0.1) is 34.6 Å². The van der Waals surface area contributed by atoms with Gasteiger partial charge in [-0.25, -0.2) is 13.4 Å². The standard InChI is InChI=1S/C22H29N3O4S/c1-14-15(2)17(4)21(18(5)16(14)3)30(27,28)25-11-9-24(10-12-25)22(26)19-7-8-20(29-6)23-13-19/h7-8,13H,9-12H2,1-6H3. The minimum atomic E-state index is -3.64. The van der Waals surface area contributed by atoms with Crippen LogP contribution in [0.2, 0.25) is 0 Å². The second-order valence-electron chi connectivity index (χ2n) is 7.74. The lowest BCUT2D eigenvalue weighted by molar-refractivity contribution is 0.0697. The SMILES string of the molecule is COc1ccc(C(=O)N2CCN(S(=O)(=O)c3c(C)c(C)c(C)c(C)c3C)CC2)cn1. The minimum Gasteiger partial charge on any atom is -0.481 e. The molecule has 0 unspecified atom stereocenters. The molecule has 0 spiro atoms. The Morgan fingerprint density at radius 3 is 1.90 bits per heavy atom. The fraction of sp³-hybridized carbons (Fsp3) is 0.455. The van der Waals surface area contributed by atoms with Crippen LogP contribution in [0.4, 0.5) is 0 Å². The lowest BCUT2D eigenvalue weighted by Gasteiger charge is -2.35. The van der Waals surface area contributed by atoms with Crippen LogP contribution in [-0.4, -0.2) is 61.8 Å². The van der Waals surface area contributed by atoms with Crippen molar-refractivity contribution in [1.29, 1.82) is 0 Å². The van der Waals surface area contributed by atoms with Crippen LogP contribution in [-0.2, 0) is 10.0 Å². The summed E-state index contributed by atoms with van der Waals surface area (Å²) < 4.78 is 33.4. The number of nitrogens with zero attached hydrogens (tertiary/aromatic N) is 3. The van der Waals surface area contributed by atoms with E-state index in [9.17, 15) is 13.2 Å². The van der Waals surface area contributed by atoms with Gasteiger partial charge in [0.1, 0.15) is 0 Å². The summed E-state index contributed by atoms with van der Waals surface area (Å²) in [5.41, 5.74) is 5.22. The monoisotopic (exact) mass is 431 g/mol. The Morgan fingerprint density at radius 2 is 1.43 bits per heavy atom. The van der Waals surface area contributed by atoms with Gasteiger partial charge in [0.05, 0.1) is 17.6 Å². The number of carbonyl (C=O) groups excluding carboxylic acids is 1. The number of piperazine rings is 1. The molecule has 1 fully saturated rings. The van der Waals surface area contributed by atoms with E-state index < -0.39 is 10.0 Å². The van der Waals surface area contributed by atoms with Gasteiger partial charge in [-0.2, -0.15) is 4.31 Å². The Bertz CT molecular complexity index is 1040. The average Bonchev–Trinajstić information content (AvgIpc) is 2.76. The highest BCUT2D eigenvalue weighted by atomic mass is 32.2. The Labute approximate surface area is 178 Å². The fourth-order valence-corrected chi connectivity index (χ4v) is 5.91. The van der Waals surface area contributed by atoms with E-state index in [1.807, 2.05) is 34.6 Å². The van der Waals surface area contributed by atoms with Crippen LogP contribution in [0.1, 0.15) is 38.2 Å². The molecule has 162 valence electrons. The van der Waals surface area contributed by atoms with Gasteiger partial charge in [-0.15, -0.1) is 0 Å². The molecule has 3 rings (SSSR count). The smallest absolute Gasteiger partial charge is 0.255 e. The van der Waals surface area contributed by atoms with Gasteiger partial charge in [0.15, 0.2) is 0 Å². The zero-order valence-corrected chi connectivity index (χ0v) is 19.3. The highest BCUT2D eigenvalue weighted by Gasteiger charge is 2.33. The zero-order chi connectivity index (χ0) is 22.2. The van der Waals surface area contributed by atoms with E-state index >= 15 is 0 Å². The predicted octanol–water partition coefficient (Wildman–Crippen LogP) is 2.78. The van der Waals surface area contributed by atoms with E-state index in [4.69, 9.17) is 4.74 Å². The van der Waals surface area contributed by atoms with E-state index in [1.165, 1.54) is 17.6 Å². The molecule has 0 atom stereocenters. The van der Waals surface area contributed by atoms with Crippen molar-refractivity contribution in [2.45, 2.75) is 39.5 Å². The van der Waals surface area contributed by atoms with Crippen molar-refractivity contribution >= 4 is 15.9 Å². The Hall–Kier alpha value is -2.45. The van der Waals surface area contributed by atoms with Crippen molar-refractivity contribution in [2.75, 3.05) is 33.3 Å². The van der Waals surface area contributed by atoms with Crippen molar-refractivity contribution < 1.29 is 17.9 Å². The topological polar surface area (TPSA) is 79.8 Å². The maximum Gasteiger partial charge on any atom is 0.255 e. The number of methoxy groups -OCH3 is 1. The number of benzene rings is 1. The Kier molecular flexibility index (Phi) is 6.19. The molecule has 2 heterocycles. The zero-order valence-electron chi connectivity index (χ0n) is 18.4.